The minimum atomic E-state index is -0.337. The second kappa shape index (κ2) is 8.20. The summed E-state index contributed by atoms with van der Waals surface area (Å²) < 4.78 is 0. The zero-order valence-electron chi connectivity index (χ0n) is 16.5. The highest BCUT2D eigenvalue weighted by Gasteiger charge is 2.40. The molecule has 28 heavy (non-hydrogen) atoms. The van der Waals surface area contributed by atoms with Crippen molar-refractivity contribution in [1.29, 1.82) is 0 Å². The van der Waals surface area contributed by atoms with Gasteiger partial charge in [-0.3, -0.25) is 9.59 Å². The predicted octanol–water partition coefficient (Wildman–Crippen LogP) is 3.38. The molecule has 5 nitrogen and oxygen atoms in total. The molecule has 2 amide bonds. The summed E-state index contributed by atoms with van der Waals surface area (Å²) in [5.74, 6) is -0.304. The van der Waals surface area contributed by atoms with E-state index in [1.165, 1.54) is 16.7 Å². The normalized spacial score (nSPS) is 14.2. The Morgan fingerprint density at radius 1 is 1.00 bits per heavy atom. The van der Waals surface area contributed by atoms with Gasteiger partial charge in [0.25, 0.3) is 11.8 Å². The van der Waals surface area contributed by atoms with E-state index in [1.807, 2.05) is 63.2 Å². The summed E-state index contributed by atoms with van der Waals surface area (Å²) in [4.78, 5) is 30.0. The highest BCUT2D eigenvalue weighted by molar-refractivity contribution is 8.04. The Morgan fingerprint density at radius 2 is 1.68 bits per heavy atom. The number of aliphatic hydroxyl groups is 1. The van der Waals surface area contributed by atoms with Crippen molar-refractivity contribution in [3.63, 3.8) is 0 Å². The zero-order valence-corrected chi connectivity index (χ0v) is 17.3. The molecule has 2 aromatic carbocycles. The van der Waals surface area contributed by atoms with Gasteiger partial charge in [-0.1, -0.05) is 23.8 Å². The molecule has 2 aromatic rings. The summed E-state index contributed by atoms with van der Waals surface area (Å²) in [6.07, 6.45) is 0. The molecule has 0 atom stereocenters. The van der Waals surface area contributed by atoms with Crippen LogP contribution in [0.25, 0.3) is 5.57 Å². The quantitative estimate of drug-likeness (QED) is 0.759. The molecule has 0 unspecified atom stereocenters. The fourth-order valence-corrected chi connectivity index (χ4v) is 4.11. The van der Waals surface area contributed by atoms with Gasteiger partial charge in [-0.15, -0.1) is 11.8 Å². The number of carbonyl (C=O) groups excluding carboxylic acids is 2. The number of hydrogen-bond acceptors (Lipinski definition) is 5. The fraction of sp³-hybridized carbons (Fsp3) is 0.273. The van der Waals surface area contributed by atoms with Gasteiger partial charge in [0.05, 0.1) is 22.8 Å². The first kappa shape index (κ1) is 20.2. The lowest BCUT2D eigenvalue weighted by Crippen LogP contribution is -2.31. The molecule has 0 spiro atoms. The molecule has 1 aliphatic heterocycles. The van der Waals surface area contributed by atoms with Gasteiger partial charge in [0.2, 0.25) is 0 Å². The number of amides is 2. The van der Waals surface area contributed by atoms with Crippen LogP contribution in [0.2, 0.25) is 0 Å². The average Bonchev–Trinajstić information content (AvgIpc) is 2.90. The molecular formula is C22H24N2O3S. The SMILES string of the molecule is Cc1ccc(C2=C(SCCO)C(=O)N(c3ccc(N(C)C)cc3)C2=O)c(C)c1. The van der Waals surface area contributed by atoms with Crippen molar-refractivity contribution in [3.05, 3.63) is 64.1 Å². The van der Waals surface area contributed by atoms with E-state index in [0.717, 1.165) is 22.4 Å². The predicted molar refractivity (Wildman–Crippen MR) is 116 cm³/mol. The molecule has 0 saturated carbocycles. The first-order valence-electron chi connectivity index (χ1n) is 9.07. The standard InChI is InChI=1S/C22H24N2O3S/c1-14-5-10-18(15(2)13-14)19-20(28-12-11-25)22(27)24(21(19)26)17-8-6-16(7-9-17)23(3)4/h5-10,13,25H,11-12H2,1-4H3. The molecule has 0 fully saturated rings. The molecule has 6 heteroatoms. The number of hydrogen-bond donors (Lipinski definition) is 1. The Morgan fingerprint density at radius 3 is 2.25 bits per heavy atom. The van der Waals surface area contributed by atoms with Gasteiger partial charge >= 0.3 is 0 Å². The highest BCUT2D eigenvalue weighted by Crippen LogP contribution is 2.39. The van der Waals surface area contributed by atoms with Crippen molar-refractivity contribution >= 4 is 40.5 Å². The highest BCUT2D eigenvalue weighted by atomic mass is 32.2. The number of rotatable bonds is 6. The number of aliphatic hydroxyl groups excluding tert-OH is 1. The molecule has 3 rings (SSSR count). The first-order valence-corrected chi connectivity index (χ1v) is 10.1. The Kier molecular flexibility index (Phi) is 5.91. The van der Waals surface area contributed by atoms with E-state index in [9.17, 15) is 14.7 Å². The molecule has 0 radical (unpaired) electrons. The van der Waals surface area contributed by atoms with Crippen LogP contribution in [-0.4, -0.2) is 43.4 Å². The number of benzene rings is 2. The molecule has 146 valence electrons. The maximum Gasteiger partial charge on any atom is 0.272 e. The molecule has 0 bridgehead atoms. The van der Waals surface area contributed by atoms with E-state index in [2.05, 4.69) is 0 Å². The summed E-state index contributed by atoms with van der Waals surface area (Å²) in [5, 5.41) is 9.23. The van der Waals surface area contributed by atoms with Crippen LogP contribution in [0, 0.1) is 13.8 Å². The number of imide groups is 1. The van der Waals surface area contributed by atoms with Crippen LogP contribution >= 0.6 is 11.8 Å². The van der Waals surface area contributed by atoms with Crippen LogP contribution in [0.1, 0.15) is 16.7 Å². The third kappa shape index (κ3) is 3.70. The first-order chi connectivity index (χ1) is 13.3. The Bertz CT molecular complexity index is 949. The van der Waals surface area contributed by atoms with Gasteiger partial charge in [-0.25, -0.2) is 4.90 Å². The number of nitrogens with zero attached hydrogens (tertiary/aromatic N) is 2. The number of carbonyl (C=O) groups is 2. The van der Waals surface area contributed by atoms with Crippen molar-refractivity contribution in [2.45, 2.75) is 13.8 Å². The van der Waals surface area contributed by atoms with Crippen molar-refractivity contribution in [2.24, 2.45) is 0 Å². The van der Waals surface area contributed by atoms with Gasteiger partial charge in [0.1, 0.15) is 0 Å². The summed E-state index contributed by atoms with van der Waals surface area (Å²) in [6, 6.07) is 13.2. The van der Waals surface area contributed by atoms with E-state index in [0.29, 0.717) is 21.9 Å². The van der Waals surface area contributed by atoms with E-state index in [4.69, 9.17) is 0 Å². The van der Waals surface area contributed by atoms with E-state index >= 15 is 0 Å². The summed E-state index contributed by atoms with van der Waals surface area (Å²) in [7, 11) is 3.87. The minimum absolute atomic E-state index is 0.0622. The van der Waals surface area contributed by atoms with Gasteiger partial charge in [-0.05, 0) is 49.2 Å². The molecule has 0 aliphatic carbocycles. The maximum absolute atomic E-state index is 13.3. The van der Waals surface area contributed by atoms with Crippen LogP contribution in [0.5, 0.6) is 0 Å². The Balaban J connectivity index is 2.06. The third-order valence-electron chi connectivity index (χ3n) is 4.65. The van der Waals surface area contributed by atoms with Crippen LogP contribution in [0.4, 0.5) is 11.4 Å². The number of anilines is 2. The van der Waals surface area contributed by atoms with Crippen molar-refractivity contribution in [3.8, 4) is 0 Å². The van der Waals surface area contributed by atoms with Crippen molar-refractivity contribution < 1.29 is 14.7 Å². The van der Waals surface area contributed by atoms with Gasteiger partial charge in [0.15, 0.2) is 0 Å². The second-order valence-electron chi connectivity index (χ2n) is 6.95. The lowest BCUT2D eigenvalue weighted by molar-refractivity contribution is -0.119. The molecule has 0 saturated heterocycles. The zero-order chi connectivity index (χ0) is 20.4. The van der Waals surface area contributed by atoms with E-state index in [-0.39, 0.29) is 18.4 Å². The van der Waals surface area contributed by atoms with Crippen molar-refractivity contribution in [2.75, 3.05) is 36.3 Å². The maximum atomic E-state index is 13.3. The lowest BCUT2D eigenvalue weighted by atomic mass is 9.99. The van der Waals surface area contributed by atoms with Gasteiger partial charge < -0.3 is 10.0 Å². The topological polar surface area (TPSA) is 60.9 Å². The summed E-state index contributed by atoms with van der Waals surface area (Å²) in [5.41, 5.74) is 4.75. The monoisotopic (exact) mass is 396 g/mol. The van der Waals surface area contributed by atoms with E-state index < -0.39 is 0 Å². The lowest BCUT2D eigenvalue weighted by Gasteiger charge is -2.18. The van der Waals surface area contributed by atoms with E-state index in [1.54, 1.807) is 12.1 Å². The Labute approximate surface area is 169 Å². The third-order valence-corrected chi connectivity index (χ3v) is 5.71. The molecular weight excluding hydrogens is 372 g/mol. The molecule has 0 aromatic heterocycles. The van der Waals surface area contributed by atoms with Crippen LogP contribution in [-0.2, 0) is 9.59 Å². The molecule has 1 aliphatic rings. The molecule has 1 heterocycles. The van der Waals surface area contributed by atoms with Gasteiger partial charge in [0, 0.05) is 25.5 Å². The largest absolute Gasteiger partial charge is 0.396 e. The fourth-order valence-electron chi connectivity index (χ4n) is 3.26. The van der Waals surface area contributed by atoms with Crippen molar-refractivity contribution in [1.82, 2.24) is 0 Å². The van der Waals surface area contributed by atoms with Gasteiger partial charge in [-0.2, -0.15) is 0 Å². The minimum Gasteiger partial charge on any atom is -0.396 e. The second-order valence-corrected chi connectivity index (χ2v) is 8.06. The smallest absolute Gasteiger partial charge is 0.272 e. The van der Waals surface area contributed by atoms with Crippen LogP contribution in [0.3, 0.4) is 0 Å². The number of aryl methyl sites for hydroxylation is 2. The van der Waals surface area contributed by atoms with Crippen LogP contribution < -0.4 is 9.80 Å². The molecule has 1 N–H and O–H groups in total. The Hall–Kier alpha value is -2.57. The average molecular weight is 397 g/mol. The van der Waals surface area contributed by atoms with Crippen LogP contribution in [0.15, 0.2) is 47.4 Å². The summed E-state index contributed by atoms with van der Waals surface area (Å²) in [6.45, 7) is 3.87. The number of thioether (sulfide) groups is 1. The summed E-state index contributed by atoms with van der Waals surface area (Å²) >= 11 is 1.23.